The van der Waals surface area contributed by atoms with Crippen LogP contribution in [0.5, 0.6) is 0 Å². The number of benzene rings is 1. The average molecular weight is 322 g/mol. The van der Waals surface area contributed by atoms with Gasteiger partial charge >= 0.3 is 5.97 Å². The van der Waals surface area contributed by atoms with Gasteiger partial charge in [0.05, 0.1) is 22.7 Å². The van der Waals surface area contributed by atoms with Crippen LogP contribution >= 0.6 is 23.1 Å². The van der Waals surface area contributed by atoms with E-state index >= 15 is 0 Å². The lowest BCUT2D eigenvalue weighted by molar-refractivity contribution is -0.138. The number of rotatable bonds is 4. The summed E-state index contributed by atoms with van der Waals surface area (Å²) >= 11 is 3.56. The first kappa shape index (κ1) is 14.8. The van der Waals surface area contributed by atoms with E-state index in [0.717, 1.165) is 28.6 Å². The number of carboxylic acid groups (broad SMARTS) is 1. The number of aliphatic carboxylic acids is 1. The Morgan fingerprint density at radius 3 is 3.10 bits per heavy atom. The molecule has 3 rings (SSSR count). The molecule has 1 aliphatic rings. The van der Waals surface area contributed by atoms with Crippen molar-refractivity contribution in [2.24, 2.45) is 0 Å². The van der Waals surface area contributed by atoms with Crippen LogP contribution in [0.25, 0.3) is 10.2 Å². The fraction of sp³-hybridized carbons (Fsp3) is 0.467. The normalized spacial score (nSPS) is 21.5. The van der Waals surface area contributed by atoms with Gasteiger partial charge in [-0.15, -0.1) is 11.3 Å². The maximum atomic E-state index is 11.1. The molecule has 1 aromatic heterocycles. The number of hydrogen-bond donors (Lipinski definition) is 1. The molecule has 0 amide bonds. The lowest BCUT2D eigenvalue weighted by atomic mass is 10.1. The number of thiazole rings is 1. The summed E-state index contributed by atoms with van der Waals surface area (Å²) in [7, 11) is 0. The van der Waals surface area contributed by atoms with Gasteiger partial charge in [0.25, 0.3) is 0 Å². The Bertz CT molecular complexity index is 610. The van der Waals surface area contributed by atoms with Gasteiger partial charge in [0, 0.05) is 24.1 Å². The fourth-order valence-electron chi connectivity index (χ4n) is 2.77. The van der Waals surface area contributed by atoms with Gasteiger partial charge in [-0.05, 0) is 19.1 Å². The van der Waals surface area contributed by atoms with Crippen molar-refractivity contribution >= 4 is 39.3 Å². The van der Waals surface area contributed by atoms with Crippen LogP contribution in [0.15, 0.2) is 24.3 Å². The van der Waals surface area contributed by atoms with Crippen LogP contribution in [0.3, 0.4) is 0 Å². The Labute approximate surface area is 132 Å². The van der Waals surface area contributed by atoms with Crippen LogP contribution in [0.1, 0.15) is 24.4 Å². The number of aromatic nitrogens is 1. The predicted molar refractivity (Wildman–Crippen MR) is 88.1 cm³/mol. The highest BCUT2D eigenvalue weighted by Gasteiger charge is 2.30. The molecule has 1 aromatic carbocycles. The molecule has 0 spiro atoms. The van der Waals surface area contributed by atoms with Gasteiger partial charge in [0.1, 0.15) is 5.01 Å². The molecular weight excluding hydrogens is 304 g/mol. The van der Waals surface area contributed by atoms with E-state index in [0.29, 0.717) is 0 Å². The monoisotopic (exact) mass is 322 g/mol. The van der Waals surface area contributed by atoms with E-state index < -0.39 is 5.97 Å². The molecule has 2 unspecified atom stereocenters. The molecule has 21 heavy (non-hydrogen) atoms. The Balaban J connectivity index is 1.84. The first-order chi connectivity index (χ1) is 10.1. The molecule has 112 valence electrons. The van der Waals surface area contributed by atoms with Crippen molar-refractivity contribution in [3.05, 3.63) is 29.3 Å². The number of carboxylic acids is 1. The highest BCUT2D eigenvalue weighted by Crippen LogP contribution is 2.33. The van der Waals surface area contributed by atoms with Crippen molar-refractivity contribution in [2.45, 2.75) is 25.4 Å². The van der Waals surface area contributed by atoms with Gasteiger partial charge in [0.15, 0.2) is 0 Å². The molecule has 1 aliphatic heterocycles. The lowest BCUT2D eigenvalue weighted by Crippen LogP contribution is -2.44. The molecule has 2 heterocycles. The zero-order chi connectivity index (χ0) is 14.8. The molecule has 1 fully saturated rings. The third kappa shape index (κ3) is 3.22. The van der Waals surface area contributed by atoms with E-state index in [-0.39, 0.29) is 18.5 Å². The van der Waals surface area contributed by atoms with Crippen LogP contribution in [0.4, 0.5) is 0 Å². The summed E-state index contributed by atoms with van der Waals surface area (Å²) < 4.78 is 1.19. The molecule has 1 N–H and O–H groups in total. The number of hydrogen-bond acceptors (Lipinski definition) is 5. The van der Waals surface area contributed by atoms with Gasteiger partial charge < -0.3 is 5.11 Å². The second kappa shape index (κ2) is 6.34. The van der Waals surface area contributed by atoms with Crippen LogP contribution < -0.4 is 0 Å². The lowest BCUT2D eigenvalue weighted by Gasteiger charge is -2.38. The SMILES string of the molecule is CC(c1nc2ccccc2s1)N1CCSCC1CC(=O)O. The summed E-state index contributed by atoms with van der Waals surface area (Å²) in [5.74, 6) is 1.23. The van der Waals surface area contributed by atoms with Crippen LogP contribution in [0, 0.1) is 0 Å². The van der Waals surface area contributed by atoms with Crippen LogP contribution in [-0.4, -0.2) is 45.1 Å². The summed E-state index contributed by atoms with van der Waals surface area (Å²) in [5.41, 5.74) is 1.03. The molecule has 0 saturated carbocycles. The summed E-state index contributed by atoms with van der Waals surface area (Å²) in [6.45, 7) is 3.07. The zero-order valence-electron chi connectivity index (χ0n) is 11.9. The minimum Gasteiger partial charge on any atom is -0.481 e. The van der Waals surface area contributed by atoms with Crippen LogP contribution in [-0.2, 0) is 4.79 Å². The Morgan fingerprint density at radius 1 is 1.52 bits per heavy atom. The summed E-state index contributed by atoms with van der Waals surface area (Å²) in [4.78, 5) is 18.1. The third-order valence-corrected chi connectivity index (χ3v) is 6.15. The molecule has 0 aliphatic carbocycles. The summed E-state index contributed by atoms with van der Waals surface area (Å²) in [6, 6.07) is 8.42. The molecule has 2 aromatic rings. The molecule has 4 nitrogen and oxygen atoms in total. The van der Waals surface area contributed by atoms with Gasteiger partial charge in [-0.25, -0.2) is 4.98 Å². The van der Waals surface area contributed by atoms with Crippen molar-refractivity contribution in [2.75, 3.05) is 18.1 Å². The molecule has 0 bridgehead atoms. The Hall–Kier alpha value is -1.11. The third-order valence-electron chi connectivity index (χ3n) is 3.85. The number of fused-ring (bicyclic) bond motifs is 1. The quantitative estimate of drug-likeness (QED) is 0.936. The predicted octanol–water partition coefficient (Wildman–Crippen LogP) is 3.25. The maximum absolute atomic E-state index is 11.1. The van der Waals surface area contributed by atoms with Crippen molar-refractivity contribution in [1.29, 1.82) is 0 Å². The summed E-state index contributed by atoms with van der Waals surface area (Å²) in [6.07, 6.45) is 0.211. The minimum atomic E-state index is -0.719. The minimum absolute atomic E-state index is 0.100. The van der Waals surface area contributed by atoms with Crippen molar-refractivity contribution in [3.8, 4) is 0 Å². The second-order valence-corrected chi connectivity index (χ2v) is 7.47. The van der Waals surface area contributed by atoms with Crippen LogP contribution in [0.2, 0.25) is 0 Å². The van der Waals surface area contributed by atoms with Gasteiger partial charge in [0.2, 0.25) is 0 Å². The molecule has 2 atom stereocenters. The smallest absolute Gasteiger partial charge is 0.304 e. The van der Waals surface area contributed by atoms with Gasteiger partial charge in [-0.3, -0.25) is 9.69 Å². The number of thioether (sulfide) groups is 1. The van der Waals surface area contributed by atoms with Crippen molar-refractivity contribution in [1.82, 2.24) is 9.88 Å². The molecule has 6 heteroatoms. The van der Waals surface area contributed by atoms with E-state index in [1.54, 1.807) is 11.3 Å². The standard InChI is InChI=1S/C15H18N2O2S2/c1-10(15-16-12-4-2-3-5-13(12)21-15)17-6-7-20-9-11(17)8-14(18)19/h2-5,10-11H,6-9H2,1H3,(H,18,19). The molecule has 1 saturated heterocycles. The van der Waals surface area contributed by atoms with Gasteiger partial charge in [-0.2, -0.15) is 11.8 Å². The maximum Gasteiger partial charge on any atom is 0.304 e. The van der Waals surface area contributed by atoms with E-state index in [1.807, 2.05) is 30.0 Å². The number of nitrogens with zero attached hydrogens (tertiary/aromatic N) is 2. The molecular formula is C15H18N2O2S2. The largest absolute Gasteiger partial charge is 0.481 e. The summed E-state index contributed by atoms with van der Waals surface area (Å²) in [5, 5.41) is 10.2. The second-order valence-electron chi connectivity index (χ2n) is 5.26. The van der Waals surface area contributed by atoms with Crippen molar-refractivity contribution < 1.29 is 9.90 Å². The van der Waals surface area contributed by atoms with Crippen molar-refractivity contribution in [3.63, 3.8) is 0 Å². The number of carbonyl (C=O) groups is 1. The van der Waals surface area contributed by atoms with Gasteiger partial charge in [-0.1, -0.05) is 12.1 Å². The fourth-order valence-corrected chi connectivity index (χ4v) is 4.89. The molecule has 0 radical (unpaired) electrons. The highest BCUT2D eigenvalue weighted by atomic mass is 32.2. The highest BCUT2D eigenvalue weighted by molar-refractivity contribution is 7.99. The van der Waals surface area contributed by atoms with E-state index in [1.165, 1.54) is 4.70 Å². The Morgan fingerprint density at radius 2 is 2.33 bits per heavy atom. The average Bonchev–Trinajstić information content (AvgIpc) is 2.90. The Kier molecular flexibility index (Phi) is 4.47. The van der Waals surface area contributed by atoms with E-state index in [2.05, 4.69) is 17.9 Å². The first-order valence-corrected chi connectivity index (χ1v) is 9.03. The number of para-hydroxylation sites is 1. The first-order valence-electron chi connectivity index (χ1n) is 7.06. The topological polar surface area (TPSA) is 53.4 Å². The van der Waals surface area contributed by atoms with E-state index in [9.17, 15) is 4.79 Å². The van der Waals surface area contributed by atoms with E-state index in [4.69, 9.17) is 10.1 Å². The zero-order valence-corrected chi connectivity index (χ0v) is 13.5.